The quantitative estimate of drug-likeness (QED) is 0.684. The Labute approximate surface area is 95.9 Å². The van der Waals surface area contributed by atoms with Crippen LogP contribution < -0.4 is 0 Å². The van der Waals surface area contributed by atoms with Gasteiger partial charge in [0.25, 0.3) is 0 Å². The molecule has 0 spiro atoms. The highest BCUT2D eigenvalue weighted by Crippen LogP contribution is 2.34. The topological polar surface area (TPSA) is 46.6 Å². The molecule has 1 aliphatic carbocycles. The molecule has 2 aliphatic rings. The highest BCUT2D eigenvalue weighted by molar-refractivity contribution is 5.79. The summed E-state index contributed by atoms with van der Waals surface area (Å²) in [5.74, 6) is 1.37. The van der Waals surface area contributed by atoms with Crippen LogP contribution >= 0.6 is 0 Å². The second kappa shape index (κ2) is 4.85. The summed E-state index contributed by atoms with van der Waals surface area (Å²) in [4.78, 5) is 24.7. The molecule has 1 aliphatic heterocycles. The zero-order valence-electron chi connectivity index (χ0n) is 9.78. The van der Waals surface area contributed by atoms with Gasteiger partial charge >= 0.3 is 6.09 Å². The van der Waals surface area contributed by atoms with Gasteiger partial charge in [-0.3, -0.25) is 4.79 Å². The summed E-state index contributed by atoms with van der Waals surface area (Å²) < 4.78 is 4.99. The Morgan fingerprint density at radius 3 is 3.00 bits per heavy atom. The number of fused-ring (bicyclic) bond motifs is 1. The van der Waals surface area contributed by atoms with Crippen molar-refractivity contribution >= 4 is 11.9 Å². The van der Waals surface area contributed by atoms with E-state index in [1.165, 1.54) is 0 Å². The van der Waals surface area contributed by atoms with E-state index >= 15 is 0 Å². The fourth-order valence-corrected chi connectivity index (χ4v) is 2.81. The summed E-state index contributed by atoms with van der Waals surface area (Å²) in [5, 5.41) is 0. The Hall–Kier alpha value is -1.06. The summed E-state index contributed by atoms with van der Waals surface area (Å²) >= 11 is 0. The first-order valence-electron chi connectivity index (χ1n) is 6.14. The van der Waals surface area contributed by atoms with Gasteiger partial charge in [-0.15, -0.1) is 0 Å². The number of amides is 1. The number of piperidine rings is 1. The van der Waals surface area contributed by atoms with Crippen LogP contribution in [0, 0.1) is 11.8 Å². The van der Waals surface area contributed by atoms with E-state index in [4.69, 9.17) is 4.74 Å². The van der Waals surface area contributed by atoms with Gasteiger partial charge in [0.15, 0.2) is 0 Å². The molecule has 0 aromatic heterocycles. The largest absolute Gasteiger partial charge is 0.450 e. The predicted molar refractivity (Wildman–Crippen MR) is 59.1 cm³/mol. The Morgan fingerprint density at radius 1 is 1.44 bits per heavy atom. The third-order valence-corrected chi connectivity index (χ3v) is 3.70. The zero-order chi connectivity index (χ0) is 11.5. The molecule has 1 amide bonds. The standard InChI is InChI=1S/C12H19NO3/c1-2-16-12(15)13-6-5-9-3-4-11(14)7-10(9)8-13/h9-10H,2-8H2,1H3/t9-,10-/m1/s1. The first-order valence-corrected chi connectivity index (χ1v) is 6.14. The molecule has 0 bridgehead atoms. The molecule has 1 saturated carbocycles. The number of ketones is 1. The molecule has 4 heteroatoms. The van der Waals surface area contributed by atoms with Gasteiger partial charge in [0.1, 0.15) is 5.78 Å². The lowest BCUT2D eigenvalue weighted by Crippen LogP contribution is -2.46. The number of hydrogen-bond acceptors (Lipinski definition) is 3. The average Bonchev–Trinajstić information content (AvgIpc) is 2.28. The van der Waals surface area contributed by atoms with Crippen LogP contribution in [0.15, 0.2) is 0 Å². The van der Waals surface area contributed by atoms with E-state index in [0.29, 0.717) is 37.2 Å². The lowest BCUT2D eigenvalue weighted by Gasteiger charge is -2.40. The minimum Gasteiger partial charge on any atom is -0.450 e. The molecule has 0 radical (unpaired) electrons. The molecule has 1 saturated heterocycles. The van der Waals surface area contributed by atoms with Crippen molar-refractivity contribution in [3.05, 3.63) is 0 Å². The van der Waals surface area contributed by atoms with E-state index in [0.717, 1.165) is 25.8 Å². The van der Waals surface area contributed by atoms with Crippen LogP contribution in [-0.4, -0.2) is 36.5 Å². The molecule has 0 aromatic carbocycles. The maximum atomic E-state index is 11.6. The fraction of sp³-hybridized carbons (Fsp3) is 0.833. The lowest BCUT2D eigenvalue weighted by atomic mass is 9.75. The van der Waals surface area contributed by atoms with Gasteiger partial charge in [-0.1, -0.05) is 0 Å². The zero-order valence-corrected chi connectivity index (χ0v) is 9.78. The Bertz CT molecular complexity index is 290. The maximum Gasteiger partial charge on any atom is 0.409 e. The number of ether oxygens (including phenoxy) is 1. The monoisotopic (exact) mass is 225 g/mol. The van der Waals surface area contributed by atoms with Gasteiger partial charge < -0.3 is 9.64 Å². The molecule has 90 valence electrons. The summed E-state index contributed by atoms with van der Waals surface area (Å²) in [6, 6.07) is 0. The van der Waals surface area contributed by atoms with Gasteiger partial charge in [0.05, 0.1) is 6.61 Å². The molecule has 0 aromatic rings. The second-order valence-corrected chi connectivity index (χ2v) is 4.74. The number of rotatable bonds is 1. The molecule has 2 atom stereocenters. The van der Waals surface area contributed by atoms with E-state index in [2.05, 4.69) is 0 Å². The number of nitrogens with zero attached hydrogens (tertiary/aromatic N) is 1. The molecule has 2 fully saturated rings. The highest BCUT2D eigenvalue weighted by atomic mass is 16.6. The normalized spacial score (nSPS) is 29.8. The molecule has 16 heavy (non-hydrogen) atoms. The van der Waals surface area contributed by atoms with E-state index in [9.17, 15) is 9.59 Å². The minimum atomic E-state index is -0.223. The Morgan fingerprint density at radius 2 is 2.25 bits per heavy atom. The van der Waals surface area contributed by atoms with Crippen molar-refractivity contribution in [3.63, 3.8) is 0 Å². The van der Waals surface area contributed by atoms with Crippen molar-refractivity contribution in [2.24, 2.45) is 11.8 Å². The Balaban J connectivity index is 1.92. The van der Waals surface area contributed by atoms with Crippen molar-refractivity contribution in [3.8, 4) is 0 Å². The molecule has 4 nitrogen and oxygen atoms in total. The second-order valence-electron chi connectivity index (χ2n) is 4.74. The third-order valence-electron chi connectivity index (χ3n) is 3.70. The van der Waals surface area contributed by atoms with E-state index < -0.39 is 0 Å². The molecule has 1 heterocycles. The van der Waals surface area contributed by atoms with Crippen LogP contribution in [0.2, 0.25) is 0 Å². The molecule has 0 unspecified atom stereocenters. The number of Topliss-reactive ketones (excluding diaryl/α,β-unsaturated/α-hetero) is 1. The molecule has 2 rings (SSSR count). The summed E-state index contributed by atoms with van der Waals surface area (Å²) in [7, 11) is 0. The first-order chi connectivity index (χ1) is 7.70. The maximum absolute atomic E-state index is 11.6. The van der Waals surface area contributed by atoms with Crippen molar-refractivity contribution in [1.82, 2.24) is 4.90 Å². The first kappa shape index (κ1) is 11.4. The van der Waals surface area contributed by atoms with Crippen LogP contribution in [0.3, 0.4) is 0 Å². The SMILES string of the molecule is CCOC(=O)N1CC[C@H]2CCC(=O)C[C@@H]2C1. The van der Waals surface area contributed by atoms with Gasteiger partial charge in [0.2, 0.25) is 0 Å². The summed E-state index contributed by atoms with van der Waals surface area (Å²) in [6.45, 7) is 3.72. The molecular formula is C12H19NO3. The summed E-state index contributed by atoms with van der Waals surface area (Å²) in [6.07, 6.45) is 3.21. The Kier molecular flexibility index (Phi) is 3.46. The van der Waals surface area contributed by atoms with Crippen molar-refractivity contribution in [1.29, 1.82) is 0 Å². The van der Waals surface area contributed by atoms with Gasteiger partial charge in [-0.05, 0) is 31.6 Å². The van der Waals surface area contributed by atoms with Gasteiger partial charge in [-0.25, -0.2) is 4.79 Å². The van der Waals surface area contributed by atoms with Crippen LogP contribution in [0.25, 0.3) is 0 Å². The fourth-order valence-electron chi connectivity index (χ4n) is 2.81. The predicted octanol–water partition coefficient (Wildman–Crippen LogP) is 1.83. The summed E-state index contributed by atoms with van der Waals surface area (Å²) in [5.41, 5.74) is 0. The minimum absolute atomic E-state index is 0.223. The average molecular weight is 225 g/mol. The van der Waals surface area contributed by atoms with E-state index in [1.807, 2.05) is 6.92 Å². The van der Waals surface area contributed by atoms with E-state index in [-0.39, 0.29) is 6.09 Å². The highest BCUT2D eigenvalue weighted by Gasteiger charge is 2.35. The molecule has 0 N–H and O–H groups in total. The van der Waals surface area contributed by atoms with Gasteiger partial charge in [-0.2, -0.15) is 0 Å². The van der Waals surface area contributed by atoms with Crippen LogP contribution in [0.5, 0.6) is 0 Å². The lowest BCUT2D eigenvalue weighted by molar-refractivity contribution is -0.123. The smallest absolute Gasteiger partial charge is 0.409 e. The molecular weight excluding hydrogens is 206 g/mol. The number of hydrogen-bond donors (Lipinski definition) is 0. The number of carbonyl (C=O) groups is 2. The number of carbonyl (C=O) groups excluding carboxylic acids is 2. The third kappa shape index (κ3) is 2.36. The van der Waals surface area contributed by atoms with Crippen LogP contribution in [0.4, 0.5) is 4.79 Å². The van der Waals surface area contributed by atoms with Crippen LogP contribution in [0.1, 0.15) is 32.6 Å². The van der Waals surface area contributed by atoms with Crippen molar-refractivity contribution in [2.75, 3.05) is 19.7 Å². The number of likely N-dealkylation sites (tertiary alicyclic amines) is 1. The van der Waals surface area contributed by atoms with Crippen molar-refractivity contribution < 1.29 is 14.3 Å². The van der Waals surface area contributed by atoms with Crippen LogP contribution in [-0.2, 0) is 9.53 Å². The van der Waals surface area contributed by atoms with E-state index in [1.54, 1.807) is 4.90 Å². The van der Waals surface area contributed by atoms with Crippen molar-refractivity contribution in [2.45, 2.75) is 32.6 Å². The van der Waals surface area contributed by atoms with Gasteiger partial charge in [0, 0.05) is 25.9 Å².